The van der Waals surface area contributed by atoms with E-state index in [0.717, 1.165) is 22.4 Å². The van der Waals surface area contributed by atoms with Gasteiger partial charge in [-0.15, -0.1) is 0 Å². The topological polar surface area (TPSA) is 57.4 Å². The summed E-state index contributed by atoms with van der Waals surface area (Å²) >= 11 is 0. The molecular weight excluding hydrogens is 340 g/mol. The van der Waals surface area contributed by atoms with Crippen LogP contribution in [0.25, 0.3) is 22.8 Å². The highest BCUT2D eigenvalue weighted by Gasteiger charge is 2.14. The average Bonchev–Trinajstić information content (AvgIpc) is 3.23. The highest BCUT2D eigenvalue weighted by Crippen LogP contribution is 2.30. The second-order valence-electron chi connectivity index (χ2n) is 5.92. The summed E-state index contributed by atoms with van der Waals surface area (Å²) in [6.45, 7) is 0.528. The van der Waals surface area contributed by atoms with Gasteiger partial charge in [-0.2, -0.15) is 4.98 Å². The van der Waals surface area contributed by atoms with E-state index >= 15 is 0 Å². The molecule has 1 heterocycles. The summed E-state index contributed by atoms with van der Waals surface area (Å²) in [5.74, 6) is 2.42. The third-order valence-electron chi connectivity index (χ3n) is 4.12. The van der Waals surface area contributed by atoms with Crippen molar-refractivity contribution >= 4 is 0 Å². The van der Waals surface area contributed by atoms with E-state index < -0.39 is 0 Å². The molecular formula is C22H18N2O3. The van der Waals surface area contributed by atoms with Crippen molar-refractivity contribution in [2.24, 2.45) is 0 Å². The number of aromatic nitrogens is 2. The molecule has 0 N–H and O–H groups in total. The van der Waals surface area contributed by atoms with E-state index in [1.807, 2.05) is 78.9 Å². The zero-order chi connectivity index (χ0) is 18.5. The quantitative estimate of drug-likeness (QED) is 0.486. The van der Waals surface area contributed by atoms with E-state index in [1.165, 1.54) is 0 Å². The van der Waals surface area contributed by atoms with E-state index in [2.05, 4.69) is 10.1 Å². The number of benzene rings is 3. The van der Waals surface area contributed by atoms with Crippen LogP contribution in [-0.4, -0.2) is 17.3 Å². The van der Waals surface area contributed by atoms with Crippen LogP contribution in [0.2, 0.25) is 0 Å². The molecule has 0 radical (unpaired) electrons. The van der Waals surface area contributed by atoms with Crippen LogP contribution in [0.5, 0.6) is 11.5 Å². The van der Waals surface area contributed by atoms with Crippen molar-refractivity contribution in [3.8, 4) is 34.3 Å². The summed E-state index contributed by atoms with van der Waals surface area (Å²) in [5, 5.41) is 4.08. The number of nitrogens with zero attached hydrogens (tertiary/aromatic N) is 2. The average molecular weight is 358 g/mol. The normalized spacial score (nSPS) is 10.6. The van der Waals surface area contributed by atoms with Gasteiger partial charge in [-0.25, -0.2) is 0 Å². The Labute approximate surface area is 157 Å². The van der Waals surface area contributed by atoms with Gasteiger partial charge in [0.05, 0.1) is 12.7 Å². The second-order valence-corrected chi connectivity index (χ2v) is 5.92. The third-order valence-corrected chi connectivity index (χ3v) is 4.12. The first-order valence-electron chi connectivity index (χ1n) is 8.58. The van der Waals surface area contributed by atoms with Gasteiger partial charge in [-0.05, 0) is 42.0 Å². The first kappa shape index (κ1) is 16.8. The molecule has 0 aliphatic carbocycles. The molecule has 4 rings (SSSR count). The summed E-state index contributed by atoms with van der Waals surface area (Å²) in [7, 11) is 1.62. The Hall–Kier alpha value is -3.60. The molecule has 0 amide bonds. The van der Waals surface area contributed by atoms with Crippen molar-refractivity contribution < 1.29 is 14.0 Å². The predicted octanol–water partition coefficient (Wildman–Crippen LogP) is 4.99. The lowest BCUT2D eigenvalue weighted by atomic mass is 10.2. The summed E-state index contributed by atoms with van der Waals surface area (Å²) in [6, 6.07) is 25.2. The number of ether oxygens (including phenoxy) is 2. The molecule has 0 fully saturated rings. The van der Waals surface area contributed by atoms with Gasteiger partial charge in [0.15, 0.2) is 0 Å². The number of methoxy groups -OCH3 is 1. The fourth-order valence-electron chi connectivity index (χ4n) is 2.71. The molecule has 0 saturated carbocycles. The molecule has 1 aromatic heterocycles. The van der Waals surface area contributed by atoms with Gasteiger partial charge in [-0.3, -0.25) is 0 Å². The molecule has 134 valence electrons. The summed E-state index contributed by atoms with van der Waals surface area (Å²) in [4.78, 5) is 4.48. The lowest BCUT2D eigenvalue weighted by Gasteiger charge is -2.06. The summed E-state index contributed by atoms with van der Waals surface area (Å²) in [5.41, 5.74) is 2.75. The van der Waals surface area contributed by atoms with E-state index in [-0.39, 0.29) is 0 Å². The minimum Gasteiger partial charge on any atom is -0.496 e. The van der Waals surface area contributed by atoms with Gasteiger partial charge in [0.2, 0.25) is 5.82 Å². The van der Waals surface area contributed by atoms with Crippen molar-refractivity contribution in [1.82, 2.24) is 10.1 Å². The highest BCUT2D eigenvalue weighted by molar-refractivity contribution is 5.65. The standard InChI is InChI=1S/C22H18N2O3/c1-25-20-10-6-5-9-19(20)22-23-21(24-27-22)17-11-13-18(14-12-17)26-15-16-7-3-2-4-8-16/h2-14H,15H2,1H3. The predicted molar refractivity (Wildman–Crippen MR) is 102 cm³/mol. The molecule has 0 saturated heterocycles. The Bertz CT molecular complexity index is 1010. The Kier molecular flexibility index (Phi) is 4.83. The number of hydrogen-bond acceptors (Lipinski definition) is 5. The monoisotopic (exact) mass is 358 g/mol. The van der Waals surface area contributed by atoms with Crippen LogP contribution in [0.3, 0.4) is 0 Å². The SMILES string of the molecule is COc1ccccc1-c1nc(-c2ccc(OCc3ccccc3)cc2)no1. The molecule has 5 nitrogen and oxygen atoms in total. The van der Waals surface area contributed by atoms with Crippen molar-refractivity contribution in [2.45, 2.75) is 6.61 Å². The maximum atomic E-state index is 5.81. The van der Waals surface area contributed by atoms with Gasteiger partial charge in [0.1, 0.15) is 18.1 Å². The number of hydrogen-bond donors (Lipinski definition) is 0. The Balaban J connectivity index is 1.49. The van der Waals surface area contributed by atoms with Crippen LogP contribution in [0.1, 0.15) is 5.56 Å². The number of rotatable bonds is 6. The molecule has 3 aromatic carbocycles. The molecule has 5 heteroatoms. The fraction of sp³-hybridized carbons (Fsp3) is 0.0909. The molecule has 0 atom stereocenters. The Morgan fingerprint density at radius 3 is 2.37 bits per heavy atom. The molecule has 27 heavy (non-hydrogen) atoms. The minimum absolute atomic E-state index is 0.423. The van der Waals surface area contributed by atoms with Crippen LogP contribution in [0, 0.1) is 0 Å². The molecule has 0 aliphatic rings. The van der Waals surface area contributed by atoms with Crippen LogP contribution in [0.15, 0.2) is 83.4 Å². The van der Waals surface area contributed by atoms with Gasteiger partial charge in [-0.1, -0.05) is 47.6 Å². The van der Waals surface area contributed by atoms with E-state index in [1.54, 1.807) is 7.11 Å². The number of para-hydroxylation sites is 1. The third kappa shape index (κ3) is 3.82. The van der Waals surface area contributed by atoms with E-state index in [0.29, 0.717) is 24.1 Å². The van der Waals surface area contributed by atoms with Crippen molar-refractivity contribution in [2.75, 3.05) is 7.11 Å². The van der Waals surface area contributed by atoms with Gasteiger partial charge >= 0.3 is 0 Å². The van der Waals surface area contributed by atoms with Crippen molar-refractivity contribution in [3.05, 3.63) is 84.4 Å². The Morgan fingerprint density at radius 1 is 0.852 bits per heavy atom. The minimum atomic E-state index is 0.423. The summed E-state index contributed by atoms with van der Waals surface area (Å²) in [6.07, 6.45) is 0. The Morgan fingerprint density at radius 2 is 1.59 bits per heavy atom. The van der Waals surface area contributed by atoms with Crippen LogP contribution in [0.4, 0.5) is 0 Å². The molecule has 0 spiro atoms. The van der Waals surface area contributed by atoms with Gasteiger partial charge in [0.25, 0.3) is 5.89 Å². The van der Waals surface area contributed by atoms with Crippen LogP contribution in [-0.2, 0) is 6.61 Å². The lowest BCUT2D eigenvalue weighted by Crippen LogP contribution is -1.94. The van der Waals surface area contributed by atoms with Gasteiger partial charge in [0, 0.05) is 5.56 Å². The smallest absolute Gasteiger partial charge is 0.262 e. The van der Waals surface area contributed by atoms with Crippen LogP contribution < -0.4 is 9.47 Å². The molecule has 0 aliphatic heterocycles. The first-order chi connectivity index (χ1) is 13.3. The maximum Gasteiger partial charge on any atom is 0.262 e. The van der Waals surface area contributed by atoms with Crippen molar-refractivity contribution in [3.63, 3.8) is 0 Å². The zero-order valence-corrected chi connectivity index (χ0v) is 14.8. The molecule has 4 aromatic rings. The van der Waals surface area contributed by atoms with E-state index in [9.17, 15) is 0 Å². The van der Waals surface area contributed by atoms with Crippen molar-refractivity contribution in [1.29, 1.82) is 0 Å². The molecule has 0 bridgehead atoms. The van der Waals surface area contributed by atoms with Crippen LogP contribution >= 0.6 is 0 Å². The first-order valence-corrected chi connectivity index (χ1v) is 8.58. The summed E-state index contributed by atoms with van der Waals surface area (Å²) < 4.78 is 16.6. The zero-order valence-electron chi connectivity index (χ0n) is 14.8. The van der Waals surface area contributed by atoms with E-state index in [4.69, 9.17) is 14.0 Å². The molecule has 0 unspecified atom stereocenters. The fourth-order valence-corrected chi connectivity index (χ4v) is 2.71. The van der Waals surface area contributed by atoms with Gasteiger partial charge < -0.3 is 14.0 Å². The maximum absolute atomic E-state index is 5.81. The largest absolute Gasteiger partial charge is 0.496 e. The lowest BCUT2D eigenvalue weighted by molar-refractivity contribution is 0.306. The highest BCUT2D eigenvalue weighted by atomic mass is 16.5. The second kappa shape index (κ2) is 7.74.